The average Bonchev–Trinajstić information content (AvgIpc) is 2.35. The molecule has 0 radical (unpaired) electrons. The Hall–Kier alpha value is -1.58. The number of nitrogens with zero attached hydrogens (tertiary/aromatic N) is 1. The predicted molar refractivity (Wildman–Crippen MR) is 76.8 cm³/mol. The summed E-state index contributed by atoms with van der Waals surface area (Å²) >= 11 is 0. The molecule has 1 aliphatic rings. The van der Waals surface area contributed by atoms with Gasteiger partial charge < -0.3 is 11.1 Å². The fraction of sp³-hybridized carbons (Fsp3) is 0.600. The van der Waals surface area contributed by atoms with Crippen LogP contribution < -0.4 is 11.1 Å². The standard InChI is InChI=1S/C15H23N3O/c1-10-4-3-5-12(6-10)9-17-15(19)13-7-11(2)18-14(16)8-13/h7-8,10,12H,3-6,9H2,1-2H3,(H2,16,18)(H,17,19). The van der Waals surface area contributed by atoms with Crippen LogP contribution in [0.25, 0.3) is 0 Å². The van der Waals surface area contributed by atoms with Gasteiger partial charge in [0.15, 0.2) is 0 Å². The van der Waals surface area contributed by atoms with Crippen LogP contribution in [0.2, 0.25) is 0 Å². The van der Waals surface area contributed by atoms with Gasteiger partial charge in [0.25, 0.3) is 5.91 Å². The second kappa shape index (κ2) is 6.04. The molecular weight excluding hydrogens is 238 g/mol. The third-order valence-corrected chi connectivity index (χ3v) is 3.83. The number of nitrogens with one attached hydrogen (secondary N) is 1. The Morgan fingerprint density at radius 2 is 2.26 bits per heavy atom. The normalized spacial score (nSPS) is 23.1. The van der Waals surface area contributed by atoms with E-state index in [0.29, 0.717) is 17.3 Å². The van der Waals surface area contributed by atoms with Crippen LogP contribution in [-0.4, -0.2) is 17.4 Å². The number of hydrogen-bond donors (Lipinski definition) is 2. The lowest BCUT2D eigenvalue weighted by molar-refractivity contribution is 0.0940. The molecular formula is C15H23N3O. The van der Waals surface area contributed by atoms with Crippen molar-refractivity contribution in [3.8, 4) is 0 Å². The molecule has 0 saturated heterocycles. The van der Waals surface area contributed by atoms with Crippen LogP contribution in [-0.2, 0) is 0 Å². The Labute approximate surface area is 114 Å². The van der Waals surface area contributed by atoms with E-state index in [0.717, 1.165) is 18.2 Å². The lowest BCUT2D eigenvalue weighted by Gasteiger charge is -2.26. The van der Waals surface area contributed by atoms with Crippen molar-refractivity contribution in [3.63, 3.8) is 0 Å². The number of nitrogen functional groups attached to an aromatic ring is 1. The highest BCUT2D eigenvalue weighted by Gasteiger charge is 2.19. The summed E-state index contributed by atoms with van der Waals surface area (Å²) < 4.78 is 0. The minimum atomic E-state index is -0.0459. The highest BCUT2D eigenvalue weighted by atomic mass is 16.1. The van der Waals surface area contributed by atoms with Gasteiger partial charge >= 0.3 is 0 Å². The third kappa shape index (κ3) is 3.94. The molecule has 2 unspecified atom stereocenters. The van der Waals surface area contributed by atoms with E-state index in [-0.39, 0.29) is 5.91 Å². The third-order valence-electron chi connectivity index (χ3n) is 3.83. The first-order chi connectivity index (χ1) is 9.04. The van der Waals surface area contributed by atoms with Gasteiger partial charge in [-0.05, 0) is 43.7 Å². The van der Waals surface area contributed by atoms with Crippen LogP contribution in [0.1, 0.15) is 48.7 Å². The number of pyridine rings is 1. The quantitative estimate of drug-likeness (QED) is 0.878. The molecule has 1 aliphatic carbocycles. The second-order valence-electron chi connectivity index (χ2n) is 5.77. The van der Waals surface area contributed by atoms with Gasteiger partial charge in [-0.25, -0.2) is 4.98 Å². The average molecular weight is 261 g/mol. The summed E-state index contributed by atoms with van der Waals surface area (Å²) in [6.07, 6.45) is 5.05. The van der Waals surface area contributed by atoms with E-state index >= 15 is 0 Å². The molecule has 104 valence electrons. The largest absolute Gasteiger partial charge is 0.384 e. The Balaban J connectivity index is 1.90. The number of aryl methyl sites for hydroxylation is 1. The summed E-state index contributed by atoms with van der Waals surface area (Å²) in [4.78, 5) is 16.2. The van der Waals surface area contributed by atoms with Crippen LogP contribution in [0.15, 0.2) is 12.1 Å². The van der Waals surface area contributed by atoms with E-state index in [4.69, 9.17) is 5.73 Å². The first kappa shape index (κ1) is 13.8. The molecule has 0 aromatic carbocycles. The van der Waals surface area contributed by atoms with Crippen molar-refractivity contribution < 1.29 is 4.79 Å². The van der Waals surface area contributed by atoms with E-state index in [1.54, 1.807) is 12.1 Å². The van der Waals surface area contributed by atoms with Crippen molar-refractivity contribution in [1.82, 2.24) is 10.3 Å². The molecule has 4 heteroatoms. The van der Waals surface area contributed by atoms with Gasteiger partial charge in [0.2, 0.25) is 0 Å². The molecule has 0 bridgehead atoms. The van der Waals surface area contributed by atoms with E-state index in [9.17, 15) is 4.79 Å². The zero-order valence-electron chi connectivity index (χ0n) is 11.8. The Morgan fingerprint density at radius 1 is 1.47 bits per heavy atom. The molecule has 2 atom stereocenters. The van der Waals surface area contributed by atoms with Gasteiger partial charge in [0.05, 0.1) is 0 Å². The maximum absolute atomic E-state index is 12.1. The number of hydrogen-bond acceptors (Lipinski definition) is 3. The van der Waals surface area contributed by atoms with Crippen LogP contribution in [0.4, 0.5) is 5.82 Å². The molecule has 1 saturated carbocycles. The molecule has 1 aromatic rings. The van der Waals surface area contributed by atoms with E-state index in [2.05, 4.69) is 17.2 Å². The van der Waals surface area contributed by atoms with Gasteiger partial charge in [-0.1, -0.05) is 19.8 Å². The van der Waals surface area contributed by atoms with Gasteiger partial charge in [0.1, 0.15) is 5.82 Å². The van der Waals surface area contributed by atoms with Crippen molar-refractivity contribution >= 4 is 11.7 Å². The van der Waals surface area contributed by atoms with E-state index in [1.807, 2.05) is 6.92 Å². The number of amides is 1. The summed E-state index contributed by atoms with van der Waals surface area (Å²) in [7, 11) is 0. The van der Waals surface area contributed by atoms with Crippen LogP contribution >= 0.6 is 0 Å². The maximum atomic E-state index is 12.1. The monoisotopic (exact) mass is 261 g/mol. The molecule has 0 spiro atoms. The van der Waals surface area contributed by atoms with Crippen molar-refractivity contribution in [1.29, 1.82) is 0 Å². The second-order valence-corrected chi connectivity index (χ2v) is 5.77. The topological polar surface area (TPSA) is 68.0 Å². The fourth-order valence-corrected chi connectivity index (χ4v) is 2.91. The molecule has 4 nitrogen and oxygen atoms in total. The van der Waals surface area contributed by atoms with Crippen molar-refractivity contribution in [2.24, 2.45) is 11.8 Å². The minimum Gasteiger partial charge on any atom is -0.384 e. The zero-order valence-corrected chi connectivity index (χ0v) is 11.8. The zero-order chi connectivity index (χ0) is 13.8. The van der Waals surface area contributed by atoms with Crippen molar-refractivity contribution in [3.05, 3.63) is 23.4 Å². The molecule has 0 aliphatic heterocycles. The predicted octanol–water partition coefficient (Wildman–Crippen LogP) is 2.53. The van der Waals surface area contributed by atoms with Crippen molar-refractivity contribution in [2.45, 2.75) is 39.5 Å². The first-order valence-electron chi connectivity index (χ1n) is 7.07. The Bertz CT molecular complexity index is 438. The molecule has 3 N–H and O–H groups in total. The van der Waals surface area contributed by atoms with E-state index < -0.39 is 0 Å². The molecule has 1 aromatic heterocycles. The van der Waals surface area contributed by atoms with Crippen LogP contribution in [0, 0.1) is 18.8 Å². The van der Waals surface area contributed by atoms with Gasteiger partial charge in [0, 0.05) is 17.8 Å². The van der Waals surface area contributed by atoms with Gasteiger partial charge in [-0.2, -0.15) is 0 Å². The number of carbonyl (C=O) groups is 1. The summed E-state index contributed by atoms with van der Waals surface area (Å²) in [5.41, 5.74) is 7.04. The summed E-state index contributed by atoms with van der Waals surface area (Å²) in [5.74, 6) is 1.76. The summed E-state index contributed by atoms with van der Waals surface area (Å²) in [6, 6.07) is 3.40. The highest BCUT2D eigenvalue weighted by molar-refractivity contribution is 5.94. The number of carbonyl (C=O) groups excluding carboxylic acids is 1. The fourth-order valence-electron chi connectivity index (χ4n) is 2.91. The summed E-state index contributed by atoms with van der Waals surface area (Å²) in [6.45, 7) is 4.90. The first-order valence-corrected chi connectivity index (χ1v) is 7.07. The molecule has 1 amide bonds. The molecule has 1 fully saturated rings. The number of anilines is 1. The maximum Gasteiger partial charge on any atom is 0.251 e. The Kier molecular flexibility index (Phi) is 4.40. The number of nitrogens with two attached hydrogens (primary N) is 1. The van der Waals surface area contributed by atoms with Crippen LogP contribution in [0.5, 0.6) is 0 Å². The molecule has 1 heterocycles. The highest BCUT2D eigenvalue weighted by Crippen LogP contribution is 2.27. The molecule has 2 rings (SSSR count). The number of rotatable bonds is 3. The molecule has 19 heavy (non-hydrogen) atoms. The van der Waals surface area contributed by atoms with Gasteiger partial charge in [-0.15, -0.1) is 0 Å². The van der Waals surface area contributed by atoms with Gasteiger partial charge in [-0.3, -0.25) is 4.79 Å². The lowest BCUT2D eigenvalue weighted by Crippen LogP contribution is -2.31. The lowest BCUT2D eigenvalue weighted by atomic mass is 9.82. The van der Waals surface area contributed by atoms with Crippen molar-refractivity contribution in [2.75, 3.05) is 12.3 Å². The minimum absolute atomic E-state index is 0.0459. The Morgan fingerprint density at radius 3 is 2.95 bits per heavy atom. The number of aromatic nitrogens is 1. The van der Waals surface area contributed by atoms with E-state index in [1.165, 1.54) is 25.7 Å². The smallest absolute Gasteiger partial charge is 0.251 e. The van der Waals surface area contributed by atoms with Crippen LogP contribution in [0.3, 0.4) is 0 Å². The SMILES string of the molecule is Cc1cc(C(=O)NCC2CCCC(C)C2)cc(N)n1. The summed E-state index contributed by atoms with van der Waals surface area (Å²) in [5, 5.41) is 3.02.